The molecule has 1 saturated heterocycles. The van der Waals surface area contributed by atoms with Crippen LogP contribution >= 0.6 is 0 Å². The van der Waals surface area contributed by atoms with Gasteiger partial charge in [-0.15, -0.1) is 0 Å². The molecule has 0 spiro atoms. The number of benzene rings is 2. The van der Waals surface area contributed by atoms with E-state index in [1.54, 1.807) is 36.4 Å². The Morgan fingerprint density at radius 2 is 1.65 bits per heavy atom. The van der Waals surface area contributed by atoms with Crippen LogP contribution in [-0.2, 0) is 10.1 Å². The van der Waals surface area contributed by atoms with Gasteiger partial charge in [-0.1, -0.05) is 31.0 Å². The predicted molar refractivity (Wildman–Crippen MR) is 123 cm³/mol. The number of hydrogen-bond acceptors (Lipinski definition) is 4. The lowest BCUT2D eigenvalue weighted by Crippen LogP contribution is -2.29. The highest BCUT2D eigenvalue weighted by atomic mass is 32.2. The van der Waals surface area contributed by atoms with E-state index < -0.39 is 10.1 Å². The number of likely N-dealkylation sites (tertiary alicyclic amines) is 1. The zero-order chi connectivity index (χ0) is 21.4. The molecule has 0 N–H and O–H groups in total. The van der Waals surface area contributed by atoms with Gasteiger partial charge >= 0.3 is 10.1 Å². The number of aromatic nitrogens is 1. The van der Waals surface area contributed by atoms with Gasteiger partial charge in [0.25, 0.3) is 0 Å². The summed E-state index contributed by atoms with van der Waals surface area (Å²) in [5.74, 6) is 0.886. The average Bonchev–Trinajstić information content (AvgIpc) is 3.43. The molecule has 164 valence electrons. The fraction of sp³-hybridized carbons (Fsp3) is 0.440. The van der Waals surface area contributed by atoms with Crippen LogP contribution in [0.2, 0.25) is 0 Å². The molecule has 2 fully saturated rings. The summed E-state index contributed by atoms with van der Waals surface area (Å²) in [5, 5.41) is 1.14. The average molecular weight is 439 g/mol. The van der Waals surface area contributed by atoms with Crippen molar-refractivity contribution in [3.05, 3.63) is 60.3 Å². The minimum absolute atomic E-state index is 0.175. The van der Waals surface area contributed by atoms with Crippen molar-refractivity contribution in [1.82, 2.24) is 9.47 Å². The number of piperidine rings is 1. The van der Waals surface area contributed by atoms with E-state index in [0.717, 1.165) is 31.3 Å². The summed E-state index contributed by atoms with van der Waals surface area (Å²) in [5.41, 5.74) is 2.54. The van der Waals surface area contributed by atoms with Crippen LogP contribution in [0.4, 0.5) is 0 Å². The molecule has 2 aliphatic rings. The number of hydrogen-bond donors (Lipinski definition) is 0. The fourth-order valence-electron chi connectivity index (χ4n) is 5.20. The molecule has 0 radical (unpaired) electrons. The molecule has 6 heteroatoms. The maximum Gasteiger partial charge on any atom is 0.339 e. The highest BCUT2D eigenvalue weighted by Crippen LogP contribution is 2.40. The summed E-state index contributed by atoms with van der Waals surface area (Å²) in [7, 11) is -1.67. The molecule has 31 heavy (non-hydrogen) atoms. The molecule has 1 aliphatic heterocycles. The molecule has 5 nitrogen and oxygen atoms in total. The van der Waals surface area contributed by atoms with Crippen molar-refractivity contribution in [3.8, 4) is 5.75 Å². The largest absolute Gasteiger partial charge is 0.379 e. The van der Waals surface area contributed by atoms with E-state index in [-0.39, 0.29) is 4.90 Å². The summed E-state index contributed by atoms with van der Waals surface area (Å²) < 4.78 is 33.5. The topological polar surface area (TPSA) is 51.5 Å². The second-order valence-electron chi connectivity index (χ2n) is 9.04. The van der Waals surface area contributed by atoms with Crippen LogP contribution in [0.5, 0.6) is 5.75 Å². The summed E-state index contributed by atoms with van der Waals surface area (Å²) >= 11 is 0. The normalized spacial score (nSPS) is 19.3. The Hall–Kier alpha value is -2.31. The highest BCUT2D eigenvalue weighted by Gasteiger charge is 2.26. The standard InChI is InChI=1S/C25H30N2O3S/c1-26-15-13-19(14-16-26)24-18-27(20-7-5-6-8-20)25-12-11-21(17-23(24)25)30-31(28,29)22-9-3-2-4-10-22/h2-4,9-12,17-20H,5-8,13-16H2,1H3. The van der Waals surface area contributed by atoms with Gasteiger partial charge in [0.2, 0.25) is 0 Å². The van der Waals surface area contributed by atoms with Crippen molar-refractivity contribution in [3.63, 3.8) is 0 Å². The Kier molecular flexibility index (Phi) is 5.52. The molecule has 0 unspecified atom stereocenters. The fourth-order valence-corrected chi connectivity index (χ4v) is 6.15. The first-order valence-electron chi connectivity index (χ1n) is 11.3. The Bertz CT molecular complexity index is 1160. The zero-order valence-electron chi connectivity index (χ0n) is 18.0. The first-order valence-corrected chi connectivity index (χ1v) is 12.7. The van der Waals surface area contributed by atoms with Crippen LogP contribution in [0.15, 0.2) is 59.6 Å². The van der Waals surface area contributed by atoms with Gasteiger partial charge in [0.1, 0.15) is 10.6 Å². The van der Waals surface area contributed by atoms with Gasteiger partial charge in [-0.2, -0.15) is 8.42 Å². The van der Waals surface area contributed by atoms with E-state index in [1.165, 1.54) is 36.8 Å². The van der Waals surface area contributed by atoms with E-state index in [0.29, 0.717) is 17.7 Å². The Morgan fingerprint density at radius 1 is 0.935 bits per heavy atom. The van der Waals surface area contributed by atoms with E-state index in [1.807, 2.05) is 12.1 Å². The molecule has 1 aliphatic carbocycles. The van der Waals surface area contributed by atoms with Gasteiger partial charge in [0.05, 0.1) is 0 Å². The van der Waals surface area contributed by atoms with Crippen LogP contribution in [0.3, 0.4) is 0 Å². The summed E-state index contributed by atoms with van der Waals surface area (Å²) in [6.07, 6.45) is 9.62. The minimum atomic E-state index is -3.85. The second kappa shape index (κ2) is 8.32. The van der Waals surface area contributed by atoms with E-state index in [4.69, 9.17) is 4.18 Å². The van der Waals surface area contributed by atoms with Gasteiger partial charge in [-0.25, -0.2) is 0 Å². The Morgan fingerprint density at radius 3 is 2.35 bits per heavy atom. The molecule has 2 heterocycles. The zero-order valence-corrected chi connectivity index (χ0v) is 18.9. The third kappa shape index (κ3) is 4.11. The van der Waals surface area contributed by atoms with Gasteiger partial charge in [0.15, 0.2) is 0 Å². The first-order chi connectivity index (χ1) is 15.0. The monoisotopic (exact) mass is 438 g/mol. The summed E-state index contributed by atoms with van der Waals surface area (Å²) in [6.45, 7) is 2.19. The molecule has 0 amide bonds. The molecule has 1 aromatic heterocycles. The van der Waals surface area contributed by atoms with E-state index in [2.05, 4.69) is 22.7 Å². The van der Waals surface area contributed by atoms with Gasteiger partial charge in [-0.05, 0) is 87.6 Å². The van der Waals surface area contributed by atoms with Gasteiger partial charge in [0, 0.05) is 23.1 Å². The lowest BCUT2D eigenvalue weighted by atomic mass is 9.89. The van der Waals surface area contributed by atoms with Crippen molar-refractivity contribution in [1.29, 1.82) is 0 Å². The molecule has 0 bridgehead atoms. The quantitative estimate of drug-likeness (QED) is 0.505. The van der Waals surface area contributed by atoms with Crippen molar-refractivity contribution in [2.75, 3.05) is 20.1 Å². The summed E-state index contributed by atoms with van der Waals surface area (Å²) in [4.78, 5) is 2.56. The molecular formula is C25H30N2O3S. The van der Waals surface area contributed by atoms with Gasteiger partial charge in [-0.3, -0.25) is 0 Å². The molecule has 2 aromatic carbocycles. The van der Waals surface area contributed by atoms with Crippen LogP contribution in [0, 0.1) is 0 Å². The second-order valence-corrected chi connectivity index (χ2v) is 10.6. The molecule has 5 rings (SSSR count). The Labute approximate surface area is 184 Å². The number of nitrogens with zero attached hydrogens (tertiary/aromatic N) is 2. The van der Waals surface area contributed by atoms with Crippen LogP contribution < -0.4 is 4.18 Å². The molecule has 0 atom stereocenters. The summed E-state index contributed by atoms with van der Waals surface area (Å²) in [6, 6.07) is 14.7. The number of rotatable bonds is 5. The molecular weight excluding hydrogens is 408 g/mol. The maximum atomic E-state index is 12.7. The van der Waals surface area contributed by atoms with Crippen molar-refractivity contribution in [2.45, 2.75) is 55.4 Å². The maximum absolute atomic E-state index is 12.7. The van der Waals surface area contributed by atoms with Crippen molar-refractivity contribution < 1.29 is 12.6 Å². The third-order valence-corrected chi connectivity index (χ3v) is 8.21. The third-order valence-electron chi connectivity index (χ3n) is 6.95. The molecule has 3 aromatic rings. The number of fused-ring (bicyclic) bond motifs is 1. The van der Waals surface area contributed by atoms with Crippen molar-refractivity contribution in [2.24, 2.45) is 0 Å². The minimum Gasteiger partial charge on any atom is -0.379 e. The van der Waals surface area contributed by atoms with Crippen LogP contribution in [-0.4, -0.2) is 38.0 Å². The van der Waals surface area contributed by atoms with Crippen LogP contribution in [0.25, 0.3) is 10.9 Å². The van der Waals surface area contributed by atoms with Crippen LogP contribution in [0.1, 0.15) is 56.0 Å². The SMILES string of the molecule is CN1CCC(c2cn(C3CCCC3)c3ccc(OS(=O)(=O)c4ccccc4)cc23)CC1. The lowest BCUT2D eigenvalue weighted by Gasteiger charge is -2.28. The molecule has 1 saturated carbocycles. The lowest BCUT2D eigenvalue weighted by molar-refractivity contribution is 0.256. The van der Waals surface area contributed by atoms with Gasteiger partial charge < -0.3 is 13.7 Å². The smallest absolute Gasteiger partial charge is 0.339 e. The van der Waals surface area contributed by atoms with Crippen molar-refractivity contribution >= 4 is 21.0 Å². The first kappa shape index (κ1) is 20.6. The van der Waals surface area contributed by atoms with E-state index >= 15 is 0 Å². The highest BCUT2D eigenvalue weighted by molar-refractivity contribution is 7.87. The van der Waals surface area contributed by atoms with E-state index in [9.17, 15) is 8.42 Å². The Balaban J connectivity index is 1.54. The predicted octanol–water partition coefficient (Wildman–Crippen LogP) is 5.33.